The predicted octanol–water partition coefficient (Wildman–Crippen LogP) is 3.26. The minimum Gasteiger partial charge on any atom is -0.393 e. The van der Waals surface area contributed by atoms with E-state index in [4.69, 9.17) is 11.6 Å². The van der Waals surface area contributed by atoms with Crippen LogP contribution in [0.1, 0.15) is 37.6 Å². The second-order valence-corrected chi connectivity index (χ2v) is 7.00. The van der Waals surface area contributed by atoms with Crippen molar-refractivity contribution in [2.45, 2.75) is 33.3 Å². The summed E-state index contributed by atoms with van der Waals surface area (Å²) >= 11 is 5.89. The van der Waals surface area contributed by atoms with Gasteiger partial charge in [-0.05, 0) is 30.9 Å². The van der Waals surface area contributed by atoms with Crippen LogP contribution < -0.4 is 5.32 Å². The van der Waals surface area contributed by atoms with Crippen LogP contribution >= 0.6 is 11.6 Å². The van der Waals surface area contributed by atoms with Gasteiger partial charge in [-0.2, -0.15) is 5.10 Å². The maximum absolute atomic E-state index is 12.4. The highest BCUT2D eigenvalue weighted by Crippen LogP contribution is 2.24. The summed E-state index contributed by atoms with van der Waals surface area (Å²) in [4.78, 5) is 12.4. The molecule has 2 aromatic rings. The van der Waals surface area contributed by atoms with Gasteiger partial charge in [-0.25, -0.2) is 0 Å². The maximum Gasteiger partial charge on any atom is 0.255 e. The van der Waals surface area contributed by atoms with Crippen LogP contribution in [0.2, 0.25) is 5.02 Å². The third kappa shape index (κ3) is 4.81. The molecule has 23 heavy (non-hydrogen) atoms. The fourth-order valence-corrected chi connectivity index (χ4v) is 2.71. The topological polar surface area (TPSA) is 78.0 Å². The highest BCUT2D eigenvalue weighted by Gasteiger charge is 2.23. The molecule has 1 atom stereocenters. The molecule has 0 aliphatic rings. The Balaban J connectivity index is 2.09. The van der Waals surface area contributed by atoms with Crippen molar-refractivity contribution in [1.82, 2.24) is 15.5 Å². The fourth-order valence-electron chi connectivity index (χ4n) is 2.58. The molecule has 6 heteroatoms. The number of rotatable bonds is 6. The number of halogens is 1. The lowest BCUT2D eigenvalue weighted by Crippen LogP contribution is -2.35. The minimum absolute atomic E-state index is 0.187. The SMILES string of the molecule is CC(O)CC(C)(C)CNC(=O)c1cn[nH]c1-c1ccc(Cl)cc1. The van der Waals surface area contributed by atoms with Gasteiger partial charge in [0.1, 0.15) is 0 Å². The average molecular weight is 336 g/mol. The van der Waals surface area contributed by atoms with Crippen molar-refractivity contribution < 1.29 is 9.90 Å². The third-order valence-electron chi connectivity index (χ3n) is 3.59. The van der Waals surface area contributed by atoms with E-state index in [1.165, 1.54) is 6.20 Å². The summed E-state index contributed by atoms with van der Waals surface area (Å²) < 4.78 is 0. The van der Waals surface area contributed by atoms with Crippen molar-refractivity contribution in [3.63, 3.8) is 0 Å². The normalized spacial score (nSPS) is 12.9. The van der Waals surface area contributed by atoms with Crippen LogP contribution in [0.3, 0.4) is 0 Å². The van der Waals surface area contributed by atoms with Gasteiger partial charge in [0.25, 0.3) is 5.91 Å². The van der Waals surface area contributed by atoms with E-state index in [1.54, 1.807) is 19.1 Å². The van der Waals surface area contributed by atoms with Crippen molar-refractivity contribution in [1.29, 1.82) is 0 Å². The molecular weight excluding hydrogens is 314 g/mol. The summed E-state index contributed by atoms with van der Waals surface area (Å²) in [6.07, 6.45) is 1.73. The smallest absolute Gasteiger partial charge is 0.255 e. The van der Waals surface area contributed by atoms with Crippen LogP contribution in [0.15, 0.2) is 30.5 Å². The third-order valence-corrected chi connectivity index (χ3v) is 3.84. The Bertz CT molecular complexity index is 663. The van der Waals surface area contributed by atoms with Crippen molar-refractivity contribution in [3.8, 4) is 11.3 Å². The average Bonchev–Trinajstić information content (AvgIpc) is 2.94. The monoisotopic (exact) mass is 335 g/mol. The maximum atomic E-state index is 12.4. The predicted molar refractivity (Wildman–Crippen MR) is 91.4 cm³/mol. The number of carbonyl (C=O) groups is 1. The molecule has 0 aliphatic heterocycles. The largest absolute Gasteiger partial charge is 0.393 e. The number of hydrogen-bond donors (Lipinski definition) is 3. The molecule has 1 amide bonds. The van der Waals surface area contributed by atoms with E-state index in [0.717, 1.165) is 5.56 Å². The molecule has 1 aromatic heterocycles. The molecule has 1 heterocycles. The molecule has 0 saturated heterocycles. The number of aromatic nitrogens is 2. The molecule has 0 bridgehead atoms. The molecule has 1 aromatic carbocycles. The molecule has 1 unspecified atom stereocenters. The number of H-pyrrole nitrogens is 1. The first-order valence-electron chi connectivity index (χ1n) is 7.54. The Morgan fingerprint density at radius 2 is 2.04 bits per heavy atom. The zero-order valence-corrected chi connectivity index (χ0v) is 14.3. The summed E-state index contributed by atoms with van der Waals surface area (Å²) in [5.74, 6) is -0.192. The first-order valence-corrected chi connectivity index (χ1v) is 7.92. The standard InChI is InChI=1S/C17H22ClN3O2/c1-11(22)8-17(2,3)10-19-16(23)14-9-20-21-15(14)12-4-6-13(18)7-5-12/h4-7,9,11,22H,8,10H2,1-3H3,(H,19,23)(H,20,21). The summed E-state index contributed by atoms with van der Waals surface area (Å²) in [6, 6.07) is 7.21. The van der Waals surface area contributed by atoms with E-state index in [2.05, 4.69) is 15.5 Å². The number of carbonyl (C=O) groups excluding carboxylic acids is 1. The second-order valence-electron chi connectivity index (χ2n) is 6.57. The van der Waals surface area contributed by atoms with Crippen LogP contribution in [0.5, 0.6) is 0 Å². The van der Waals surface area contributed by atoms with E-state index in [9.17, 15) is 9.90 Å². The number of amides is 1. The number of aromatic amines is 1. The molecule has 0 spiro atoms. The van der Waals surface area contributed by atoms with Crippen molar-refractivity contribution in [3.05, 3.63) is 41.0 Å². The lowest BCUT2D eigenvalue weighted by molar-refractivity contribution is 0.0902. The van der Waals surface area contributed by atoms with E-state index >= 15 is 0 Å². The summed E-state index contributed by atoms with van der Waals surface area (Å²) in [6.45, 7) is 6.24. The van der Waals surface area contributed by atoms with Crippen LogP contribution in [-0.2, 0) is 0 Å². The fraction of sp³-hybridized carbons (Fsp3) is 0.412. The Kier molecular flexibility index (Phi) is 5.44. The first kappa shape index (κ1) is 17.5. The van der Waals surface area contributed by atoms with Gasteiger partial charge < -0.3 is 10.4 Å². The van der Waals surface area contributed by atoms with Crippen LogP contribution in [-0.4, -0.2) is 33.9 Å². The second kappa shape index (κ2) is 7.15. The lowest BCUT2D eigenvalue weighted by atomic mass is 9.87. The number of benzene rings is 1. The molecule has 2 rings (SSSR count). The van der Waals surface area contributed by atoms with Crippen molar-refractivity contribution in [2.75, 3.05) is 6.54 Å². The Labute approximate surface area is 141 Å². The number of nitrogens with zero attached hydrogens (tertiary/aromatic N) is 1. The zero-order valence-electron chi connectivity index (χ0n) is 13.6. The molecular formula is C17H22ClN3O2. The number of aliphatic hydroxyl groups is 1. The van der Waals surface area contributed by atoms with E-state index in [-0.39, 0.29) is 11.3 Å². The number of nitrogens with one attached hydrogen (secondary N) is 2. The van der Waals surface area contributed by atoms with Gasteiger partial charge in [0, 0.05) is 17.1 Å². The van der Waals surface area contributed by atoms with Crippen LogP contribution in [0.25, 0.3) is 11.3 Å². The quantitative estimate of drug-likeness (QED) is 0.758. The molecule has 3 N–H and O–H groups in total. The van der Waals surface area contributed by atoms with E-state index in [0.29, 0.717) is 29.2 Å². The lowest BCUT2D eigenvalue weighted by Gasteiger charge is -2.26. The Morgan fingerprint density at radius 1 is 1.39 bits per heavy atom. The highest BCUT2D eigenvalue weighted by molar-refractivity contribution is 6.30. The highest BCUT2D eigenvalue weighted by atomic mass is 35.5. The van der Waals surface area contributed by atoms with Gasteiger partial charge >= 0.3 is 0 Å². The van der Waals surface area contributed by atoms with Gasteiger partial charge in [-0.1, -0.05) is 37.6 Å². The summed E-state index contributed by atoms with van der Waals surface area (Å²) in [5, 5.41) is 19.9. The summed E-state index contributed by atoms with van der Waals surface area (Å²) in [7, 11) is 0. The molecule has 0 fully saturated rings. The van der Waals surface area contributed by atoms with Crippen LogP contribution in [0.4, 0.5) is 0 Å². The van der Waals surface area contributed by atoms with Gasteiger partial charge in [0.15, 0.2) is 0 Å². The van der Waals surface area contributed by atoms with Crippen molar-refractivity contribution in [2.24, 2.45) is 5.41 Å². The molecule has 0 radical (unpaired) electrons. The van der Waals surface area contributed by atoms with Gasteiger partial charge in [0.2, 0.25) is 0 Å². The van der Waals surface area contributed by atoms with E-state index in [1.807, 2.05) is 26.0 Å². The minimum atomic E-state index is -0.402. The van der Waals surface area contributed by atoms with Crippen molar-refractivity contribution >= 4 is 17.5 Å². The molecule has 124 valence electrons. The van der Waals surface area contributed by atoms with Gasteiger partial charge in [-0.15, -0.1) is 0 Å². The zero-order chi connectivity index (χ0) is 17.0. The van der Waals surface area contributed by atoms with E-state index < -0.39 is 6.10 Å². The molecule has 5 nitrogen and oxygen atoms in total. The van der Waals surface area contributed by atoms with Gasteiger partial charge in [-0.3, -0.25) is 9.89 Å². The molecule has 0 aliphatic carbocycles. The Morgan fingerprint density at radius 3 is 2.65 bits per heavy atom. The Hall–Kier alpha value is -1.85. The van der Waals surface area contributed by atoms with Crippen LogP contribution in [0, 0.1) is 5.41 Å². The first-order chi connectivity index (χ1) is 10.8. The summed E-state index contributed by atoms with van der Waals surface area (Å²) in [5.41, 5.74) is 1.81. The number of hydrogen-bond acceptors (Lipinski definition) is 3. The molecule has 0 saturated carbocycles. The number of aliphatic hydroxyl groups excluding tert-OH is 1. The van der Waals surface area contributed by atoms with Gasteiger partial charge in [0.05, 0.1) is 23.6 Å².